The van der Waals surface area contributed by atoms with Gasteiger partial charge in [0, 0.05) is 37.1 Å². The maximum absolute atomic E-state index is 13.7. The summed E-state index contributed by atoms with van der Waals surface area (Å²) in [6.45, 7) is 0.744. The summed E-state index contributed by atoms with van der Waals surface area (Å²) in [7, 11) is 1.34. The van der Waals surface area contributed by atoms with Gasteiger partial charge in [-0.15, -0.1) is 0 Å². The van der Waals surface area contributed by atoms with Crippen molar-refractivity contribution in [2.45, 2.75) is 12.7 Å². The number of ether oxygens (including phenoxy) is 1. The number of rotatable bonds is 5. The highest BCUT2D eigenvalue weighted by molar-refractivity contribution is 5.94. The molecule has 4 rings (SSSR count). The molecule has 3 aromatic rings. The van der Waals surface area contributed by atoms with E-state index in [1.165, 1.54) is 59.6 Å². The SMILES string of the molecule is COc1cc(CN2CCN(c3ccc(-c4cn[nH]c4)c(C(F)(F)F)c3)C2=O)ccc1F. The van der Waals surface area contributed by atoms with Crippen molar-refractivity contribution in [3.63, 3.8) is 0 Å². The van der Waals surface area contributed by atoms with Gasteiger partial charge in [0.2, 0.25) is 0 Å². The van der Waals surface area contributed by atoms with Crippen molar-refractivity contribution in [3.05, 3.63) is 65.7 Å². The van der Waals surface area contributed by atoms with Crippen LogP contribution >= 0.6 is 0 Å². The van der Waals surface area contributed by atoms with E-state index in [0.717, 1.165) is 6.07 Å². The molecule has 2 amide bonds. The summed E-state index contributed by atoms with van der Waals surface area (Å²) in [6.07, 6.45) is -1.91. The molecule has 0 radical (unpaired) electrons. The Balaban J connectivity index is 1.59. The molecule has 162 valence electrons. The van der Waals surface area contributed by atoms with Crippen molar-refractivity contribution >= 4 is 11.7 Å². The second kappa shape index (κ2) is 7.93. The second-order valence-electron chi connectivity index (χ2n) is 7.04. The molecule has 6 nitrogen and oxygen atoms in total. The smallest absolute Gasteiger partial charge is 0.417 e. The Labute approximate surface area is 175 Å². The standard InChI is InChI=1S/C21H18F4N4O2/c1-31-19-8-13(2-5-18(19)22)12-28-6-7-29(20(28)30)15-3-4-16(14-10-26-27-11-14)17(9-15)21(23,24)25/h2-5,8-11H,6-7,12H2,1H3,(H,26,27). The number of aromatic nitrogens is 2. The molecular formula is C21H18F4N4O2. The molecule has 0 saturated carbocycles. The number of anilines is 1. The summed E-state index contributed by atoms with van der Waals surface area (Å²) >= 11 is 0. The van der Waals surface area contributed by atoms with E-state index >= 15 is 0 Å². The molecule has 1 aromatic heterocycles. The van der Waals surface area contributed by atoms with Crippen molar-refractivity contribution in [1.82, 2.24) is 15.1 Å². The second-order valence-corrected chi connectivity index (χ2v) is 7.04. The highest BCUT2D eigenvalue weighted by atomic mass is 19.4. The van der Waals surface area contributed by atoms with Gasteiger partial charge in [-0.25, -0.2) is 9.18 Å². The Morgan fingerprint density at radius 3 is 2.65 bits per heavy atom. The summed E-state index contributed by atoms with van der Waals surface area (Å²) in [4.78, 5) is 15.6. The normalized spacial score (nSPS) is 14.4. The third-order valence-electron chi connectivity index (χ3n) is 5.11. The van der Waals surface area contributed by atoms with Crippen LogP contribution in [0.5, 0.6) is 5.75 Å². The van der Waals surface area contributed by atoms with Crippen LogP contribution in [-0.2, 0) is 12.7 Å². The van der Waals surface area contributed by atoms with Crippen molar-refractivity contribution in [2.75, 3.05) is 25.1 Å². The van der Waals surface area contributed by atoms with E-state index in [0.29, 0.717) is 17.7 Å². The van der Waals surface area contributed by atoms with Gasteiger partial charge >= 0.3 is 12.2 Å². The fourth-order valence-corrected chi connectivity index (χ4v) is 3.58. The number of benzene rings is 2. The number of halogens is 4. The molecule has 2 heterocycles. The molecular weight excluding hydrogens is 416 g/mol. The molecule has 2 aromatic carbocycles. The van der Waals surface area contributed by atoms with Crippen LogP contribution in [0.1, 0.15) is 11.1 Å². The molecule has 1 saturated heterocycles. The van der Waals surface area contributed by atoms with E-state index in [2.05, 4.69) is 10.2 Å². The quantitative estimate of drug-likeness (QED) is 0.593. The van der Waals surface area contributed by atoms with Gasteiger partial charge in [-0.1, -0.05) is 12.1 Å². The monoisotopic (exact) mass is 434 g/mol. The van der Waals surface area contributed by atoms with Crippen LogP contribution in [0.4, 0.5) is 28.0 Å². The van der Waals surface area contributed by atoms with Gasteiger partial charge < -0.3 is 9.64 Å². The van der Waals surface area contributed by atoms with Crippen LogP contribution in [0.15, 0.2) is 48.8 Å². The highest BCUT2D eigenvalue weighted by Crippen LogP contribution is 2.39. The zero-order chi connectivity index (χ0) is 22.2. The average Bonchev–Trinajstić information content (AvgIpc) is 3.39. The number of carbonyl (C=O) groups is 1. The fraction of sp³-hybridized carbons (Fsp3) is 0.238. The summed E-state index contributed by atoms with van der Waals surface area (Å²) in [5.74, 6) is -0.455. The third kappa shape index (κ3) is 4.05. The molecule has 0 unspecified atom stereocenters. The lowest BCUT2D eigenvalue weighted by molar-refractivity contribution is -0.137. The molecule has 31 heavy (non-hydrogen) atoms. The number of alkyl halides is 3. The molecule has 1 N–H and O–H groups in total. The Morgan fingerprint density at radius 2 is 1.97 bits per heavy atom. The van der Waals surface area contributed by atoms with Crippen LogP contribution < -0.4 is 9.64 Å². The van der Waals surface area contributed by atoms with Crippen LogP contribution in [0.25, 0.3) is 11.1 Å². The Bertz CT molecular complexity index is 1100. The lowest BCUT2D eigenvalue weighted by atomic mass is 10.0. The van der Waals surface area contributed by atoms with Gasteiger partial charge in [-0.2, -0.15) is 18.3 Å². The third-order valence-corrected chi connectivity index (χ3v) is 5.11. The van der Waals surface area contributed by atoms with Crippen LogP contribution in [-0.4, -0.2) is 41.3 Å². The molecule has 0 spiro atoms. The van der Waals surface area contributed by atoms with E-state index in [1.54, 1.807) is 0 Å². The molecule has 1 aliphatic rings. The first-order chi connectivity index (χ1) is 14.8. The van der Waals surface area contributed by atoms with E-state index < -0.39 is 23.6 Å². The Morgan fingerprint density at radius 1 is 1.16 bits per heavy atom. The molecule has 0 bridgehead atoms. The molecule has 10 heteroatoms. The maximum Gasteiger partial charge on any atom is 0.417 e. The minimum atomic E-state index is -4.60. The van der Waals surface area contributed by atoms with Gasteiger partial charge in [-0.05, 0) is 35.4 Å². The van der Waals surface area contributed by atoms with Crippen molar-refractivity contribution in [2.24, 2.45) is 0 Å². The van der Waals surface area contributed by atoms with Crippen LogP contribution in [0.3, 0.4) is 0 Å². The van der Waals surface area contributed by atoms with Crippen molar-refractivity contribution in [3.8, 4) is 16.9 Å². The number of H-pyrrole nitrogens is 1. The predicted molar refractivity (Wildman–Crippen MR) is 105 cm³/mol. The summed E-state index contributed by atoms with van der Waals surface area (Å²) in [5.41, 5.74) is 0.245. The summed E-state index contributed by atoms with van der Waals surface area (Å²) in [6, 6.07) is 7.65. The van der Waals surface area contributed by atoms with Gasteiger partial charge in [0.05, 0.1) is 18.9 Å². The summed E-state index contributed by atoms with van der Waals surface area (Å²) in [5, 5.41) is 6.21. The predicted octanol–water partition coefficient (Wildman–Crippen LogP) is 4.69. The number of carbonyl (C=O) groups excluding carboxylic acids is 1. The van der Waals surface area contributed by atoms with Crippen LogP contribution in [0, 0.1) is 5.82 Å². The van der Waals surface area contributed by atoms with Gasteiger partial charge in [0.25, 0.3) is 0 Å². The lowest BCUT2D eigenvalue weighted by Crippen LogP contribution is -2.31. The first-order valence-corrected chi connectivity index (χ1v) is 9.37. The van der Waals surface area contributed by atoms with Gasteiger partial charge in [0.15, 0.2) is 11.6 Å². The zero-order valence-electron chi connectivity index (χ0n) is 16.4. The number of urea groups is 1. The van der Waals surface area contributed by atoms with E-state index in [-0.39, 0.29) is 30.1 Å². The molecule has 1 aliphatic heterocycles. The number of aromatic amines is 1. The number of amides is 2. The Hall–Kier alpha value is -3.56. The molecule has 0 atom stereocenters. The topological polar surface area (TPSA) is 61.5 Å². The first kappa shape index (κ1) is 20.7. The molecule has 1 fully saturated rings. The average molecular weight is 434 g/mol. The van der Waals surface area contributed by atoms with Gasteiger partial charge in [-0.3, -0.25) is 10.00 Å². The summed E-state index contributed by atoms with van der Waals surface area (Å²) < 4.78 is 59.6. The lowest BCUT2D eigenvalue weighted by Gasteiger charge is -2.21. The fourth-order valence-electron chi connectivity index (χ4n) is 3.58. The minimum absolute atomic E-state index is 0.0214. The number of hydrogen-bond donors (Lipinski definition) is 1. The van der Waals surface area contributed by atoms with Gasteiger partial charge in [0.1, 0.15) is 0 Å². The van der Waals surface area contributed by atoms with E-state index in [4.69, 9.17) is 4.74 Å². The maximum atomic E-state index is 13.7. The first-order valence-electron chi connectivity index (χ1n) is 9.37. The minimum Gasteiger partial charge on any atom is -0.494 e. The zero-order valence-corrected chi connectivity index (χ0v) is 16.4. The highest BCUT2D eigenvalue weighted by Gasteiger charge is 2.36. The number of nitrogens with one attached hydrogen (secondary N) is 1. The van der Waals surface area contributed by atoms with Crippen LogP contribution in [0.2, 0.25) is 0 Å². The van der Waals surface area contributed by atoms with Crippen molar-refractivity contribution in [1.29, 1.82) is 0 Å². The van der Waals surface area contributed by atoms with Crippen molar-refractivity contribution < 1.29 is 27.1 Å². The number of hydrogen-bond acceptors (Lipinski definition) is 3. The van der Waals surface area contributed by atoms with E-state index in [9.17, 15) is 22.4 Å². The Kier molecular flexibility index (Phi) is 5.30. The van der Waals surface area contributed by atoms with E-state index in [1.807, 2.05) is 0 Å². The molecule has 0 aliphatic carbocycles. The largest absolute Gasteiger partial charge is 0.494 e. The number of nitrogens with zero attached hydrogens (tertiary/aromatic N) is 3. The number of methoxy groups -OCH3 is 1.